The van der Waals surface area contributed by atoms with Crippen LogP contribution in [0.25, 0.3) is 0 Å². The number of amides is 1. The Hall–Kier alpha value is -3.43. The molecule has 10 heteroatoms. The van der Waals surface area contributed by atoms with E-state index in [1.165, 1.54) is 33.5 Å². The van der Waals surface area contributed by atoms with E-state index in [0.29, 0.717) is 22.8 Å². The number of sulfonamides is 1. The van der Waals surface area contributed by atoms with E-state index in [2.05, 4.69) is 5.32 Å². The summed E-state index contributed by atoms with van der Waals surface area (Å²) in [5, 5.41) is 2.96. The highest BCUT2D eigenvalue weighted by Crippen LogP contribution is 2.39. The summed E-state index contributed by atoms with van der Waals surface area (Å²) < 4.78 is 44.1. The van der Waals surface area contributed by atoms with Crippen molar-refractivity contribution in [2.24, 2.45) is 0 Å². The lowest BCUT2D eigenvalue weighted by Gasteiger charge is -2.25. The first kappa shape index (κ1) is 26.2. The molecule has 0 aliphatic carbocycles. The van der Waals surface area contributed by atoms with E-state index in [4.69, 9.17) is 25.8 Å². The third-order valence-electron chi connectivity index (χ3n) is 5.28. The molecule has 0 unspecified atom stereocenters. The average Bonchev–Trinajstić information content (AvgIpc) is 2.86. The molecule has 1 N–H and O–H groups in total. The molecular weight excluding hydrogens is 492 g/mol. The lowest BCUT2D eigenvalue weighted by atomic mass is 10.1. The summed E-state index contributed by atoms with van der Waals surface area (Å²) in [6.07, 6.45) is 0. The quantitative estimate of drug-likeness (QED) is 0.432. The number of rotatable bonds is 10. The Kier molecular flexibility index (Phi) is 8.48. The van der Waals surface area contributed by atoms with E-state index in [-0.39, 0.29) is 22.2 Å². The topological polar surface area (TPSA) is 94.2 Å². The minimum atomic E-state index is -4.08. The monoisotopic (exact) mass is 518 g/mol. The summed E-state index contributed by atoms with van der Waals surface area (Å²) in [7, 11) is 0.402. The van der Waals surface area contributed by atoms with Crippen LogP contribution in [0.15, 0.2) is 65.6 Å². The van der Waals surface area contributed by atoms with Gasteiger partial charge >= 0.3 is 0 Å². The number of carbonyl (C=O) groups excluding carboxylic acids is 1. The average molecular weight is 519 g/mol. The summed E-state index contributed by atoms with van der Waals surface area (Å²) in [6.45, 7) is 1.46. The van der Waals surface area contributed by atoms with Crippen LogP contribution in [0, 0.1) is 6.92 Å². The van der Waals surface area contributed by atoms with Gasteiger partial charge in [0.1, 0.15) is 6.54 Å². The molecule has 0 saturated heterocycles. The molecule has 186 valence electrons. The second-order valence-corrected chi connectivity index (χ2v) is 9.82. The van der Waals surface area contributed by atoms with Gasteiger partial charge in [-0.25, -0.2) is 8.42 Å². The lowest BCUT2D eigenvalue weighted by molar-refractivity contribution is -0.119. The Morgan fingerprint density at radius 2 is 1.57 bits per heavy atom. The predicted octanol–water partition coefficient (Wildman–Crippen LogP) is 4.19. The number of ether oxygens (including phenoxy) is 3. The first-order valence-electron chi connectivity index (χ1n) is 10.6. The highest BCUT2D eigenvalue weighted by Gasteiger charge is 2.28. The molecule has 0 radical (unpaired) electrons. The van der Waals surface area contributed by atoms with E-state index in [1.807, 2.05) is 6.92 Å². The molecule has 8 nitrogen and oxygen atoms in total. The van der Waals surface area contributed by atoms with Gasteiger partial charge in [-0.05, 0) is 43.3 Å². The summed E-state index contributed by atoms with van der Waals surface area (Å²) in [5.74, 6) is 0.745. The fourth-order valence-corrected chi connectivity index (χ4v) is 5.20. The predicted molar refractivity (Wildman–Crippen MR) is 135 cm³/mol. The minimum absolute atomic E-state index is 0.0531. The number of carbonyl (C=O) groups is 1. The summed E-state index contributed by atoms with van der Waals surface area (Å²) in [4.78, 5) is 13.0. The number of nitrogens with zero attached hydrogens (tertiary/aromatic N) is 1. The summed E-state index contributed by atoms with van der Waals surface area (Å²) in [5.41, 5.74) is 1.74. The molecule has 0 aliphatic heterocycles. The van der Waals surface area contributed by atoms with Crippen LogP contribution >= 0.6 is 11.6 Å². The van der Waals surface area contributed by atoms with Gasteiger partial charge in [0.2, 0.25) is 11.7 Å². The third kappa shape index (κ3) is 5.80. The van der Waals surface area contributed by atoms with Crippen molar-refractivity contribution in [1.82, 2.24) is 5.32 Å². The highest BCUT2D eigenvalue weighted by atomic mass is 35.5. The van der Waals surface area contributed by atoms with Gasteiger partial charge in [0.15, 0.2) is 11.5 Å². The summed E-state index contributed by atoms with van der Waals surface area (Å²) >= 11 is 6.32. The molecule has 3 aromatic rings. The van der Waals surface area contributed by atoms with Crippen LogP contribution in [0.2, 0.25) is 5.02 Å². The second-order valence-electron chi connectivity index (χ2n) is 7.55. The van der Waals surface area contributed by atoms with Crippen LogP contribution in [0.1, 0.15) is 11.1 Å². The Labute approximate surface area is 210 Å². The van der Waals surface area contributed by atoms with Crippen LogP contribution < -0.4 is 23.8 Å². The minimum Gasteiger partial charge on any atom is -0.493 e. The maximum Gasteiger partial charge on any atom is 0.264 e. The largest absolute Gasteiger partial charge is 0.493 e. The van der Waals surface area contributed by atoms with Crippen LogP contribution in [0.5, 0.6) is 17.2 Å². The lowest BCUT2D eigenvalue weighted by Crippen LogP contribution is -2.40. The molecule has 0 atom stereocenters. The van der Waals surface area contributed by atoms with E-state index >= 15 is 0 Å². The van der Waals surface area contributed by atoms with Crippen molar-refractivity contribution < 1.29 is 27.4 Å². The van der Waals surface area contributed by atoms with Crippen molar-refractivity contribution in [2.75, 3.05) is 32.2 Å². The van der Waals surface area contributed by atoms with Gasteiger partial charge in [-0.1, -0.05) is 41.4 Å². The Morgan fingerprint density at radius 3 is 2.17 bits per heavy atom. The first-order valence-corrected chi connectivity index (χ1v) is 12.4. The number of aryl methyl sites for hydroxylation is 1. The smallest absolute Gasteiger partial charge is 0.264 e. The number of hydrogen-bond acceptors (Lipinski definition) is 6. The Morgan fingerprint density at radius 1 is 0.914 bits per heavy atom. The van der Waals surface area contributed by atoms with Crippen LogP contribution in [0.3, 0.4) is 0 Å². The van der Waals surface area contributed by atoms with E-state index in [0.717, 1.165) is 9.87 Å². The second kappa shape index (κ2) is 11.3. The zero-order valence-electron chi connectivity index (χ0n) is 19.9. The molecule has 3 rings (SSSR count). The van der Waals surface area contributed by atoms with Gasteiger partial charge in [0.25, 0.3) is 10.0 Å². The van der Waals surface area contributed by atoms with Crippen molar-refractivity contribution >= 4 is 33.2 Å². The number of anilines is 1. The highest BCUT2D eigenvalue weighted by molar-refractivity contribution is 7.92. The molecule has 0 aromatic heterocycles. The zero-order chi connectivity index (χ0) is 25.6. The molecule has 0 aliphatic rings. The van der Waals surface area contributed by atoms with Crippen LogP contribution in [-0.4, -0.2) is 42.2 Å². The number of hydrogen-bond donors (Lipinski definition) is 1. The number of benzene rings is 3. The Balaban J connectivity index is 1.88. The fraction of sp³-hybridized carbons (Fsp3) is 0.240. The molecule has 3 aromatic carbocycles. The van der Waals surface area contributed by atoms with E-state index in [1.54, 1.807) is 48.5 Å². The van der Waals surface area contributed by atoms with Crippen molar-refractivity contribution in [3.05, 3.63) is 76.8 Å². The Bertz CT molecular complexity index is 1300. The molecule has 1 amide bonds. The maximum absolute atomic E-state index is 13.5. The van der Waals surface area contributed by atoms with Crippen molar-refractivity contribution in [1.29, 1.82) is 0 Å². The molecule has 35 heavy (non-hydrogen) atoms. The molecule has 0 heterocycles. The normalized spacial score (nSPS) is 11.0. The third-order valence-corrected chi connectivity index (χ3v) is 7.37. The van der Waals surface area contributed by atoms with Crippen molar-refractivity contribution in [2.45, 2.75) is 18.4 Å². The zero-order valence-corrected chi connectivity index (χ0v) is 21.4. The van der Waals surface area contributed by atoms with Crippen LogP contribution in [0.4, 0.5) is 5.69 Å². The number of para-hydroxylation sites is 1. The number of methoxy groups -OCH3 is 3. The molecule has 0 saturated carbocycles. The van der Waals surface area contributed by atoms with E-state index in [9.17, 15) is 13.2 Å². The number of halogens is 1. The van der Waals surface area contributed by atoms with Gasteiger partial charge in [-0.2, -0.15) is 0 Å². The first-order chi connectivity index (χ1) is 16.7. The van der Waals surface area contributed by atoms with Crippen LogP contribution in [-0.2, 0) is 21.4 Å². The molecule has 0 spiro atoms. The van der Waals surface area contributed by atoms with Gasteiger partial charge in [0.05, 0.1) is 36.9 Å². The maximum atomic E-state index is 13.5. The van der Waals surface area contributed by atoms with Gasteiger partial charge < -0.3 is 19.5 Å². The van der Waals surface area contributed by atoms with Gasteiger partial charge in [-0.3, -0.25) is 9.10 Å². The van der Waals surface area contributed by atoms with Gasteiger partial charge in [0, 0.05) is 12.1 Å². The van der Waals surface area contributed by atoms with Crippen molar-refractivity contribution in [3.63, 3.8) is 0 Å². The van der Waals surface area contributed by atoms with Crippen molar-refractivity contribution in [3.8, 4) is 17.2 Å². The van der Waals surface area contributed by atoms with E-state index < -0.39 is 22.5 Å². The van der Waals surface area contributed by atoms with Gasteiger partial charge in [-0.15, -0.1) is 0 Å². The fourth-order valence-electron chi connectivity index (χ4n) is 3.47. The number of nitrogens with one attached hydrogen (secondary N) is 1. The molecular formula is C25H27ClN2O6S. The molecule has 0 fully saturated rings. The molecule has 0 bridgehead atoms. The SMILES string of the molecule is COc1ccc(CNC(=O)CN(c2ccccc2Cl)S(=O)(=O)c2ccc(C)cc2)c(OC)c1OC. The summed E-state index contributed by atoms with van der Waals surface area (Å²) in [6, 6.07) is 16.3. The standard InChI is InChI=1S/C25H27ClN2O6S/c1-17-9-12-19(13-10-17)35(30,31)28(21-8-6-5-7-20(21)26)16-23(29)27-15-18-11-14-22(32-2)25(34-4)24(18)33-3/h5-14H,15-16H2,1-4H3,(H,27,29).